The van der Waals surface area contributed by atoms with Gasteiger partial charge in [0.25, 0.3) is 0 Å². The van der Waals surface area contributed by atoms with Crippen LogP contribution >= 0.6 is 12.2 Å². The van der Waals surface area contributed by atoms with E-state index < -0.39 is 10.0 Å². The molecule has 8 heteroatoms. The first kappa shape index (κ1) is 15.2. The second kappa shape index (κ2) is 6.04. The molecule has 1 fully saturated rings. The second-order valence-corrected chi connectivity index (χ2v) is 7.04. The average molecular weight is 314 g/mol. The summed E-state index contributed by atoms with van der Waals surface area (Å²) in [6.45, 7) is 2.43. The van der Waals surface area contributed by atoms with Gasteiger partial charge in [0.15, 0.2) is 5.11 Å². The lowest BCUT2D eigenvalue weighted by Gasteiger charge is -2.32. The van der Waals surface area contributed by atoms with Gasteiger partial charge in [0.05, 0.1) is 5.69 Å². The highest BCUT2D eigenvalue weighted by Crippen LogP contribution is 2.25. The Labute approximate surface area is 124 Å². The molecule has 3 N–H and O–H groups in total. The maximum atomic E-state index is 12.7. The van der Waals surface area contributed by atoms with E-state index in [2.05, 4.69) is 10.2 Å². The first-order valence-corrected chi connectivity index (χ1v) is 8.10. The first-order valence-electron chi connectivity index (χ1n) is 6.25. The van der Waals surface area contributed by atoms with Gasteiger partial charge >= 0.3 is 0 Å². The van der Waals surface area contributed by atoms with Gasteiger partial charge in [-0.2, -0.15) is 4.31 Å². The number of thiocarbonyl (C=S) groups is 1. The molecule has 0 spiro atoms. The highest BCUT2D eigenvalue weighted by atomic mass is 32.2. The Morgan fingerprint density at radius 2 is 1.85 bits per heavy atom. The van der Waals surface area contributed by atoms with Gasteiger partial charge in [-0.15, -0.1) is 0 Å². The van der Waals surface area contributed by atoms with Crippen molar-refractivity contribution in [1.82, 2.24) is 9.21 Å². The van der Waals surface area contributed by atoms with Crippen molar-refractivity contribution < 1.29 is 8.42 Å². The monoisotopic (exact) mass is 314 g/mol. The summed E-state index contributed by atoms with van der Waals surface area (Å²) >= 11 is 4.78. The predicted octanol–water partition coefficient (Wildman–Crippen LogP) is 0.278. The highest BCUT2D eigenvalue weighted by molar-refractivity contribution is 7.89. The lowest BCUT2D eigenvalue weighted by atomic mass is 10.3. The van der Waals surface area contributed by atoms with Gasteiger partial charge in [-0.05, 0) is 31.4 Å². The fourth-order valence-corrected chi connectivity index (χ4v) is 3.77. The number of para-hydroxylation sites is 1. The molecule has 110 valence electrons. The van der Waals surface area contributed by atoms with Crippen LogP contribution in [-0.2, 0) is 10.0 Å². The molecule has 0 aromatic heterocycles. The van der Waals surface area contributed by atoms with Crippen molar-refractivity contribution in [3.05, 3.63) is 24.3 Å². The number of nitrogens with two attached hydrogens (primary N) is 1. The number of hydrogen-bond acceptors (Lipinski definition) is 4. The van der Waals surface area contributed by atoms with Crippen LogP contribution < -0.4 is 11.1 Å². The van der Waals surface area contributed by atoms with E-state index in [1.807, 2.05) is 7.05 Å². The van der Waals surface area contributed by atoms with Gasteiger partial charge in [0.1, 0.15) is 4.90 Å². The van der Waals surface area contributed by atoms with Crippen molar-refractivity contribution in [2.24, 2.45) is 5.73 Å². The van der Waals surface area contributed by atoms with E-state index in [0.29, 0.717) is 18.8 Å². The summed E-state index contributed by atoms with van der Waals surface area (Å²) in [6, 6.07) is 6.65. The van der Waals surface area contributed by atoms with E-state index in [4.69, 9.17) is 18.0 Å². The summed E-state index contributed by atoms with van der Waals surface area (Å²) < 4.78 is 26.9. The number of rotatable bonds is 3. The lowest BCUT2D eigenvalue weighted by molar-refractivity contribution is 0.222. The zero-order chi connectivity index (χ0) is 14.8. The minimum atomic E-state index is -3.53. The summed E-state index contributed by atoms with van der Waals surface area (Å²) in [4.78, 5) is 2.31. The van der Waals surface area contributed by atoms with E-state index in [9.17, 15) is 8.42 Å². The van der Waals surface area contributed by atoms with Gasteiger partial charge in [0, 0.05) is 26.2 Å². The van der Waals surface area contributed by atoms with Crippen LogP contribution in [0.4, 0.5) is 5.69 Å². The van der Waals surface area contributed by atoms with Gasteiger partial charge in [0.2, 0.25) is 10.0 Å². The third kappa shape index (κ3) is 3.26. The average Bonchev–Trinajstić information content (AvgIpc) is 2.39. The fraction of sp³-hybridized carbons (Fsp3) is 0.417. The Bertz CT molecular complexity index is 595. The number of piperazine rings is 1. The van der Waals surface area contributed by atoms with Crippen LogP contribution in [0, 0.1) is 0 Å². The molecule has 1 aromatic rings. The molecule has 20 heavy (non-hydrogen) atoms. The van der Waals surface area contributed by atoms with E-state index in [-0.39, 0.29) is 10.0 Å². The highest BCUT2D eigenvalue weighted by Gasteiger charge is 2.29. The van der Waals surface area contributed by atoms with Crippen molar-refractivity contribution in [3.8, 4) is 0 Å². The standard InChI is InChI=1S/C12H18N4O2S2/c1-15-6-8-16(9-7-15)20(17,18)11-5-3-2-4-10(11)14-12(13)19/h2-5H,6-9H2,1H3,(H3,13,14,19). The third-order valence-electron chi connectivity index (χ3n) is 3.22. The Morgan fingerprint density at radius 3 is 2.45 bits per heavy atom. The summed E-state index contributed by atoms with van der Waals surface area (Å²) in [7, 11) is -1.55. The molecular weight excluding hydrogens is 296 g/mol. The number of nitrogens with one attached hydrogen (secondary N) is 1. The second-order valence-electron chi connectivity index (χ2n) is 4.69. The molecule has 1 aliphatic heterocycles. The molecule has 1 aliphatic rings. The van der Waals surface area contributed by atoms with Gasteiger partial charge < -0.3 is 16.0 Å². The van der Waals surface area contributed by atoms with Gasteiger partial charge in [-0.3, -0.25) is 0 Å². The lowest BCUT2D eigenvalue weighted by Crippen LogP contribution is -2.47. The molecule has 6 nitrogen and oxygen atoms in total. The minimum absolute atomic E-state index is 0.0472. The number of hydrogen-bond donors (Lipinski definition) is 2. The van der Waals surface area contributed by atoms with Crippen LogP contribution in [0.3, 0.4) is 0 Å². The zero-order valence-corrected chi connectivity index (χ0v) is 12.9. The summed E-state index contributed by atoms with van der Waals surface area (Å²) in [5, 5.41) is 2.77. The number of benzene rings is 1. The maximum Gasteiger partial charge on any atom is 0.245 e. The van der Waals surface area contributed by atoms with E-state index in [0.717, 1.165) is 13.1 Å². The molecule has 0 atom stereocenters. The fourth-order valence-electron chi connectivity index (χ4n) is 2.10. The van der Waals surface area contributed by atoms with Gasteiger partial charge in [-0.1, -0.05) is 12.1 Å². The summed E-state index contributed by atoms with van der Waals surface area (Å²) in [5.74, 6) is 0. The molecule has 0 saturated carbocycles. The predicted molar refractivity (Wildman–Crippen MR) is 83.1 cm³/mol. The number of nitrogens with zero attached hydrogens (tertiary/aromatic N) is 2. The topological polar surface area (TPSA) is 78.7 Å². The molecular formula is C12H18N4O2S2. The Morgan fingerprint density at radius 1 is 1.25 bits per heavy atom. The molecule has 1 heterocycles. The molecule has 0 radical (unpaired) electrons. The van der Waals surface area contributed by atoms with Crippen molar-refractivity contribution in [3.63, 3.8) is 0 Å². The molecule has 1 aromatic carbocycles. The molecule has 0 amide bonds. The number of anilines is 1. The zero-order valence-electron chi connectivity index (χ0n) is 11.2. The number of likely N-dealkylation sites (N-methyl/N-ethyl adjacent to an activating group) is 1. The smallest absolute Gasteiger partial charge is 0.245 e. The van der Waals surface area contributed by atoms with Crippen LogP contribution in [0.25, 0.3) is 0 Å². The normalized spacial score (nSPS) is 17.9. The number of sulfonamides is 1. The molecule has 2 rings (SSSR count). The largest absolute Gasteiger partial charge is 0.376 e. The molecule has 0 unspecified atom stereocenters. The minimum Gasteiger partial charge on any atom is -0.376 e. The third-order valence-corrected chi connectivity index (χ3v) is 5.28. The van der Waals surface area contributed by atoms with Crippen LogP contribution in [0.1, 0.15) is 0 Å². The van der Waals surface area contributed by atoms with Crippen LogP contribution in [0.5, 0.6) is 0 Å². The van der Waals surface area contributed by atoms with Crippen LogP contribution in [0.2, 0.25) is 0 Å². The Hall–Kier alpha value is -1.22. The van der Waals surface area contributed by atoms with Crippen molar-refractivity contribution >= 4 is 33.0 Å². The van der Waals surface area contributed by atoms with Gasteiger partial charge in [-0.25, -0.2) is 8.42 Å². The van der Waals surface area contributed by atoms with E-state index in [1.54, 1.807) is 24.3 Å². The van der Waals surface area contributed by atoms with Crippen LogP contribution in [0.15, 0.2) is 29.2 Å². The molecule has 0 bridgehead atoms. The Balaban J connectivity index is 2.32. The first-order chi connectivity index (χ1) is 9.41. The van der Waals surface area contributed by atoms with Crippen LogP contribution in [-0.4, -0.2) is 56.0 Å². The van der Waals surface area contributed by atoms with Crippen molar-refractivity contribution in [2.45, 2.75) is 4.90 Å². The summed E-state index contributed by atoms with van der Waals surface area (Å²) in [5.41, 5.74) is 5.85. The quantitative estimate of drug-likeness (QED) is 0.780. The Kier molecular flexibility index (Phi) is 4.59. The van der Waals surface area contributed by atoms with E-state index >= 15 is 0 Å². The summed E-state index contributed by atoms with van der Waals surface area (Å²) in [6.07, 6.45) is 0. The van der Waals surface area contributed by atoms with Crippen molar-refractivity contribution in [1.29, 1.82) is 0 Å². The molecule has 1 saturated heterocycles. The SMILES string of the molecule is CN1CCN(S(=O)(=O)c2ccccc2NC(N)=S)CC1. The molecule has 0 aliphatic carbocycles. The maximum absolute atomic E-state index is 12.7. The van der Waals surface area contributed by atoms with Crippen molar-refractivity contribution in [2.75, 3.05) is 38.5 Å². The van der Waals surface area contributed by atoms with E-state index in [1.165, 1.54) is 4.31 Å².